The molecule has 12 heteroatoms. The highest BCUT2D eigenvalue weighted by atomic mass is 32.2. The number of carbonyl (C=O) groups excluding carboxylic acids is 1. The lowest BCUT2D eigenvalue weighted by atomic mass is 10.0. The Labute approximate surface area is 169 Å². The van der Waals surface area contributed by atoms with Crippen LogP contribution < -0.4 is 5.84 Å². The Kier molecular flexibility index (Phi) is 5.45. The van der Waals surface area contributed by atoms with Crippen molar-refractivity contribution in [2.24, 2.45) is 5.84 Å². The molecule has 2 heterocycles. The summed E-state index contributed by atoms with van der Waals surface area (Å²) in [7, 11) is 0. The number of aromatic nitrogens is 1. The Morgan fingerprint density at radius 1 is 1.03 bits per heavy atom. The molecule has 1 saturated heterocycles. The molecule has 1 fully saturated rings. The van der Waals surface area contributed by atoms with E-state index in [1.165, 1.54) is 24.3 Å². The van der Waals surface area contributed by atoms with Crippen LogP contribution >= 0.6 is 24.0 Å². The minimum absolute atomic E-state index is 0.0416. The van der Waals surface area contributed by atoms with Crippen molar-refractivity contribution in [2.45, 2.75) is 12.4 Å². The van der Waals surface area contributed by atoms with Crippen LogP contribution in [0, 0.1) is 0 Å². The van der Waals surface area contributed by atoms with E-state index >= 15 is 0 Å². The quantitative estimate of drug-likeness (QED) is 0.233. The maximum absolute atomic E-state index is 13.1. The molecule has 1 amide bonds. The zero-order valence-corrected chi connectivity index (χ0v) is 15.6. The summed E-state index contributed by atoms with van der Waals surface area (Å²) in [6.07, 6.45) is -8.64. The van der Waals surface area contributed by atoms with E-state index in [1.807, 2.05) is 0 Å². The van der Waals surface area contributed by atoms with E-state index < -0.39 is 29.4 Å². The fourth-order valence-corrected chi connectivity index (χ4v) is 3.50. The maximum Gasteiger partial charge on any atom is 0.416 e. The number of rotatable bonds is 2. The molecule has 0 spiro atoms. The molecule has 0 atom stereocenters. The van der Waals surface area contributed by atoms with Gasteiger partial charge in [0.25, 0.3) is 5.91 Å². The number of benzene rings is 1. The van der Waals surface area contributed by atoms with Crippen molar-refractivity contribution in [1.29, 1.82) is 0 Å². The molecule has 1 aliphatic heterocycles. The van der Waals surface area contributed by atoms with Crippen molar-refractivity contribution in [1.82, 2.24) is 9.99 Å². The lowest BCUT2D eigenvalue weighted by Crippen LogP contribution is -2.34. The molecular formula is C17H9F6N3OS2. The van der Waals surface area contributed by atoms with Gasteiger partial charge in [-0.25, -0.2) is 15.8 Å². The first-order valence-corrected chi connectivity index (χ1v) is 8.88. The summed E-state index contributed by atoms with van der Waals surface area (Å²) in [4.78, 5) is 16.1. The van der Waals surface area contributed by atoms with Gasteiger partial charge in [-0.05, 0) is 36.4 Å². The molecule has 2 aromatic rings. The molecule has 0 bridgehead atoms. The minimum atomic E-state index is -4.97. The summed E-state index contributed by atoms with van der Waals surface area (Å²) in [5.74, 6) is 4.86. The van der Waals surface area contributed by atoms with Gasteiger partial charge in [-0.15, -0.1) is 0 Å². The Morgan fingerprint density at radius 3 is 2.10 bits per heavy atom. The largest absolute Gasteiger partial charge is 0.416 e. The molecule has 1 aliphatic rings. The summed E-state index contributed by atoms with van der Waals surface area (Å²) < 4.78 is 78.4. The van der Waals surface area contributed by atoms with E-state index in [0.717, 1.165) is 16.8 Å². The number of amides is 1. The molecule has 0 saturated carbocycles. The molecule has 152 valence electrons. The second-order valence-corrected chi connectivity index (χ2v) is 7.47. The molecule has 0 radical (unpaired) electrons. The van der Waals surface area contributed by atoms with Crippen LogP contribution in [0.1, 0.15) is 16.8 Å². The molecule has 4 nitrogen and oxygen atoms in total. The number of nitrogens with zero attached hydrogens (tertiary/aromatic N) is 2. The fraction of sp³-hybridized carbons (Fsp3) is 0.118. The number of hydrogen-bond acceptors (Lipinski definition) is 5. The molecule has 0 unspecified atom stereocenters. The minimum Gasteiger partial charge on any atom is -0.267 e. The normalized spacial score (nSPS) is 16.8. The zero-order chi connectivity index (χ0) is 21.6. The van der Waals surface area contributed by atoms with Gasteiger partial charge in [0, 0.05) is 5.56 Å². The van der Waals surface area contributed by atoms with Crippen LogP contribution in [-0.4, -0.2) is 20.2 Å². The van der Waals surface area contributed by atoms with Crippen LogP contribution in [0.2, 0.25) is 0 Å². The third kappa shape index (κ3) is 4.60. The average Bonchev–Trinajstić information content (AvgIpc) is 2.87. The highest BCUT2D eigenvalue weighted by Gasteiger charge is 2.37. The van der Waals surface area contributed by atoms with Crippen LogP contribution in [0.3, 0.4) is 0 Å². The van der Waals surface area contributed by atoms with Crippen molar-refractivity contribution in [3.8, 4) is 11.3 Å². The number of alkyl halides is 6. The number of hydrogen-bond donors (Lipinski definition) is 1. The van der Waals surface area contributed by atoms with Crippen molar-refractivity contribution >= 4 is 40.3 Å². The van der Waals surface area contributed by atoms with Gasteiger partial charge < -0.3 is 0 Å². The van der Waals surface area contributed by atoms with Crippen molar-refractivity contribution in [3.05, 3.63) is 58.1 Å². The van der Waals surface area contributed by atoms with Gasteiger partial charge in [-0.3, -0.25) is 4.79 Å². The first-order valence-electron chi connectivity index (χ1n) is 7.66. The molecular weight excluding hydrogens is 440 g/mol. The monoisotopic (exact) mass is 449 g/mol. The molecule has 0 aliphatic carbocycles. The standard InChI is InChI=1S/C17H9F6N3OS2/c18-16(19,20)9-4-8(5-10(6-9)17(21,22)23)12-3-1-2-11(25-12)7-13-14(27)26(24)15(28)29-13/h1-7H,24H2/b13-7-. The van der Waals surface area contributed by atoms with E-state index in [9.17, 15) is 31.1 Å². The molecule has 1 aromatic heterocycles. The highest BCUT2D eigenvalue weighted by molar-refractivity contribution is 8.26. The third-order valence-corrected chi connectivity index (χ3v) is 5.09. The van der Waals surface area contributed by atoms with E-state index in [1.54, 1.807) is 0 Å². The van der Waals surface area contributed by atoms with Gasteiger partial charge in [-0.2, -0.15) is 26.3 Å². The Bertz CT molecular complexity index is 1000. The number of thiocarbonyl (C=S) groups is 1. The third-order valence-electron chi connectivity index (χ3n) is 3.76. The number of pyridine rings is 1. The molecule has 29 heavy (non-hydrogen) atoms. The second-order valence-electron chi connectivity index (χ2n) is 5.79. The number of nitrogens with two attached hydrogens (primary N) is 1. The fourth-order valence-electron chi connectivity index (χ4n) is 2.41. The van der Waals surface area contributed by atoms with Gasteiger partial charge in [0.1, 0.15) is 0 Å². The first-order chi connectivity index (χ1) is 13.4. The van der Waals surface area contributed by atoms with Gasteiger partial charge in [0.05, 0.1) is 27.4 Å². The molecule has 2 N–H and O–H groups in total. The Morgan fingerprint density at radius 2 is 1.62 bits per heavy atom. The van der Waals surface area contributed by atoms with E-state index in [0.29, 0.717) is 12.1 Å². The molecule has 1 aromatic carbocycles. The smallest absolute Gasteiger partial charge is 0.267 e. The van der Waals surface area contributed by atoms with Gasteiger partial charge in [-0.1, -0.05) is 30.0 Å². The van der Waals surface area contributed by atoms with E-state index in [-0.39, 0.29) is 32.2 Å². The van der Waals surface area contributed by atoms with Crippen LogP contribution in [0.15, 0.2) is 41.3 Å². The summed E-state index contributed by atoms with van der Waals surface area (Å²) >= 11 is 5.78. The zero-order valence-electron chi connectivity index (χ0n) is 14.0. The summed E-state index contributed by atoms with van der Waals surface area (Å²) in [6, 6.07) is 5.30. The van der Waals surface area contributed by atoms with Crippen LogP contribution in [0.4, 0.5) is 26.3 Å². The second kappa shape index (κ2) is 7.43. The van der Waals surface area contributed by atoms with Crippen molar-refractivity contribution in [2.75, 3.05) is 0 Å². The number of halogens is 6. The number of thioether (sulfide) groups is 1. The predicted molar refractivity (Wildman–Crippen MR) is 98.9 cm³/mol. The topological polar surface area (TPSA) is 59.2 Å². The summed E-state index contributed by atoms with van der Waals surface area (Å²) in [6.45, 7) is 0. The van der Waals surface area contributed by atoms with Gasteiger partial charge in [0.15, 0.2) is 4.32 Å². The molecule has 3 rings (SSSR count). The average molecular weight is 449 g/mol. The van der Waals surface area contributed by atoms with Gasteiger partial charge in [0.2, 0.25) is 0 Å². The predicted octanol–water partition coefficient (Wildman–Crippen LogP) is 4.86. The SMILES string of the molecule is NN1C(=O)/C(=C/c2cccc(-c3cc(C(F)(F)F)cc(C(F)(F)F)c3)n2)SC1=S. The van der Waals surface area contributed by atoms with Crippen LogP contribution in [0.25, 0.3) is 17.3 Å². The first kappa shape index (κ1) is 21.3. The van der Waals surface area contributed by atoms with Crippen LogP contribution in [0.5, 0.6) is 0 Å². The lowest BCUT2D eigenvalue weighted by Gasteiger charge is -2.14. The highest BCUT2D eigenvalue weighted by Crippen LogP contribution is 2.38. The van der Waals surface area contributed by atoms with Crippen molar-refractivity contribution < 1.29 is 31.1 Å². The summed E-state index contributed by atoms with van der Waals surface area (Å²) in [5.41, 5.74) is -3.24. The number of carbonyl (C=O) groups is 1. The van der Waals surface area contributed by atoms with Crippen LogP contribution in [-0.2, 0) is 17.1 Å². The maximum atomic E-state index is 13.1. The summed E-state index contributed by atoms with van der Waals surface area (Å²) in [5, 5.41) is 0.748. The Balaban J connectivity index is 2.07. The van der Waals surface area contributed by atoms with E-state index in [4.69, 9.17) is 18.1 Å². The van der Waals surface area contributed by atoms with Crippen molar-refractivity contribution in [3.63, 3.8) is 0 Å². The Hall–Kier alpha value is -2.44. The lowest BCUT2D eigenvalue weighted by molar-refractivity contribution is -0.143. The number of hydrazine groups is 1. The van der Waals surface area contributed by atoms with Gasteiger partial charge >= 0.3 is 12.4 Å². The van der Waals surface area contributed by atoms with E-state index in [2.05, 4.69) is 4.98 Å².